The monoisotopic (exact) mass is 259 g/mol. The molecule has 6 heteroatoms. The zero-order valence-electron chi connectivity index (χ0n) is 10.3. The number of phenolic OH excluding ortho intramolecular Hbond substituents is 1. The van der Waals surface area contributed by atoms with Crippen LogP contribution in [0.15, 0.2) is 36.5 Å². The third-order valence-corrected chi connectivity index (χ3v) is 2.53. The molecule has 4 N–H and O–H groups in total. The Morgan fingerprint density at radius 1 is 1.37 bits per heavy atom. The fraction of sp³-hybridized carbons (Fsp3) is 0.0769. The highest BCUT2D eigenvalue weighted by atomic mass is 16.5. The van der Waals surface area contributed by atoms with Gasteiger partial charge in [0.15, 0.2) is 17.3 Å². The van der Waals surface area contributed by atoms with Crippen LogP contribution in [-0.2, 0) is 0 Å². The van der Waals surface area contributed by atoms with Gasteiger partial charge in [0.05, 0.1) is 18.4 Å². The van der Waals surface area contributed by atoms with Crippen molar-refractivity contribution in [2.75, 3.05) is 18.2 Å². The number of rotatable bonds is 3. The molecule has 0 atom stereocenters. The van der Waals surface area contributed by atoms with E-state index in [4.69, 9.17) is 10.5 Å². The minimum absolute atomic E-state index is 0.0874. The fourth-order valence-corrected chi connectivity index (χ4v) is 1.57. The number of pyridine rings is 1. The number of ether oxygens (including phenoxy) is 1. The molecule has 0 aliphatic carbocycles. The number of nitrogen functional groups attached to an aromatic ring is 1. The van der Waals surface area contributed by atoms with Gasteiger partial charge in [0.2, 0.25) is 0 Å². The number of methoxy groups -OCH3 is 1. The number of para-hydroxylation sites is 1. The van der Waals surface area contributed by atoms with Gasteiger partial charge < -0.3 is 20.9 Å². The van der Waals surface area contributed by atoms with Gasteiger partial charge in [-0.15, -0.1) is 0 Å². The quantitative estimate of drug-likeness (QED) is 0.778. The van der Waals surface area contributed by atoms with Crippen LogP contribution in [0.3, 0.4) is 0 Å². The molecule has 6 nitrogen and oxygen atoms in total. The summed E-state index contributed by atoms with van der Waals surface area (Å²) < 4.78 is 4.94. The average Bonchev–Trinajstić information content (AvgIpc) is 2.41. The number of nitrogens with zero attached hydrogens (tertiary/aromatic N) is 1. The highest BCUT2D eigenvalue weighted by molar-refractivity contribution is 6.07. The maximum absolute atomic E-state index is 12.0. The van der Waals surface area contributed by atoms with Crippen molar-refractivity contribution in [1.29, 1.82) is 0 Å². The van der Waals surface area contributed by atoms with Crippen LogP contribution in [0.25, 0.3) is 0 Å². The van der Waals surface area contributed by atoms with Crippen molar-refractivity contribution >= 4 is 17.4 Å². The molecular formula is C13H13N3O3. The zero-order chi connectivity index (χ0) is 13.8. The molecule has 0 bridgehead atoms. The molecule has 0 aliphatic heterocycles. The maximum atomic E-state index is 12.0. The highest BCUT2D eigenvalue weighted by Gasteiger charge is 2.15. The van der Waals surface area contributed by atoms with Crippen LogP contribution in [0.2, 0.25) is 0 Å². The van der Waals surface area contributed by atoms with E-state index < -0.39 is 5.91 Å². The van der Waals surface area contributed by atoms with Crippen LogP contribution in [0, 0.1) is 0 Å². The van der Waals surface area contributed by atoms with Gasteiger partial charge in [-0.1, -0.05) is 6.07 Å². The van der Waals surface area contributed by atoms with Crippen LogP contribution in [-0.4, -0.2) is 23.1 Å². The molecule has 0 aliphatic rings. The van der Waals surface area contributed by atoms with E-state index >= 15 is 0 Å². The van der Waals surface area contributed by atoms with Gasteiger partial charge in [-0.3, -0.25) is 4.79 Å². The highest BCUT2D eigenvalue weighted by Crippen LogP contribution is 2.30. The van der Waals surface area contributed by atoms with E-state index in [9.17, 15) is 9.90 Å². The molecule has 19 heavy (non-hydrogen) atoms. The number of carbonyl (C=O) groups is 1. The summed E-state index contributed by atoms with van der Waals surface area (Å²) in [5.74, 6) is -0.268. The Kier molecular flexibility index (Phi) is 3.51. The minimum atomic E-state index is -0.512. The first kappa shape index (κ1) is 12.7. The van der Waals surface area contributed by atoms with Gasteiger partial charge in [-0.2, -0.15) is 0 Å². The largest absolute Gasteiger partial charge is 0.504 e. The second-order valence-corrected chi connectivity index (χ2v) is 3.75. The van der Waals surface area contributed by atoms with E-state index in [0.29, 0.717) is 5.69 Å². The van der Waals surface area contributed by atoms with E-state index in [1.165, 1.54) is 19.4 Å². The molecule has 0 spiro atoms. The van der Waals surface area contributed by atoms with Crippen LogP contribution in [0.1, 0.15) is 10.4 Å². The van der Waals surface area contributed by atoms with Crippen molar-refractivity contribution in [3.05, 3.63) is 42.1 Å². The molecule has 2 aromatic rings. The third kappa shape index (κ3) is 2.57. The Bertz CT molecular complexity index is 614. The Balaban J connectivity index is 2.28. The number of benzene rings is 1. The first-order valence-corrected chi connectivity index (χ1v) is 5.51. The molecule has 0 saturated heterocycles. The lowest BCUT2D eigenvalue weighted by Crippen LogP contribution is -2.14. The zero-order valence-corrected chi connectivity index (χ0v) is 10.3. The van der Waals surface area contributed by atoms with Crippen molar-refractivity contribution in [3.8, 4) is 11.5 Å². The van der Waals surface area contributed by atoms with E-state index in [-0.39, 0.29) is 22.9 Å². The van der Waals surface area contributed by atoms with Crippen molar-refractivity contribution in [3.63, 3.8) is 0 Å². The Hall–Kier alpha value is -2.76. The van der Waals surface area contributed by atoms with Crippen LogP contribution >= 0.6 is 0 Å². The molecule has 1 aromatic carbocycles. The molecule has 98 valence electrons. The third-order valence-electron chi connectivity index (χ3n) is 2.53. The number of aromatic nitrogens is 1. The predicted molar refractivity (Wildman–Crippen MR) is 71.3 cm³/mol. The van der Waals surface area contributed by atoms with Gasteiger partial charge in [0.1, 0.15) is 0 Å². The number of hydrogen-bond acceptors (Lipinski definition) is 5. The Labute approximate surface area is 109 Å². The number of amides is 1. The average molecular weight is 259 g/mol. The minimum Gasteiger partial charge on any atom is -0.504 e. The first-order chi connectivity index (χ1) is 9.13. The molecule has 0 unspecified atom stereocenters. The fourth-order valence-electron chi connectivity index (χ4n) is 1.57. The smallest absolute Gasteiger partial charge is 0.260 e. The summed E-state index contributed by atoms with van der Waals surface area (Å²) >= 11 is 0. The van der Waals surface area contributed by atoms with Gasteiger partial charge >= 0.3 is 0 Å². The number of aromatic hydroxyl groups is 1. The summed E-state index contributed by atoms with van der Waals surface area (Å²) in [5.41, 5.74) is 6.11. The second kappa shape index (κ2) is 5.26. The normalized spacial score (nSPS) is 9.95. The van der Waals surface area contributed by atoms with E-state index in [1.807, 2.05) is 0 Å². The Morgan fingerprint density at radius 3 is 2.84 bits per heavy atom. The van der Waals surface area contributed by atoms with Crippen LogP contribution in [0.5, 0.6) is 11.5 Å². The number of nitrogens with one attached hydrogen (secondary N) is 1. The molecular weight excluding hydrogens is 246 g/mol. The summed E-state index contributed by atoms with van der Waals surface area (Å²) in [4.78, 5) is 16.0. The summed E-state index contributed by atoms with van der Waals surface area (Å²) in [6, 6.07) is 7.92. The molecule has 1 amide bonds. The number of nitrogens with two attached hydrogens (primary N) is 1. The second-order valence-electron chi connectivity index (χ2n) is 3.75. The van der Waals surface area contributed by atoms with Gasteiger partial charge in [-0.05, 0) is 24.3 Å². The van der Waals surface area contributed by atoms with Crippen LogP contribution < -0.4 is 15.8 Å². The molecule has 1 heterocycles. The summed E-state index contributed by atoms with van der Waals surface area (Å²) in [7, 11) is 1.41. The van der Waals surface area contributed by atoms with Gasteiger partial charge in [0, 0.05) is 6.20 Å². The number of phenols is 1. The SMILES string of the molecule is COc1cccc(C(=O)Nc2ncccc2N)c1O. The number of carbonyl (C=O) groups excluding carboxylic acids is 1. The van der Waals surface area contributed by atoms with Crippen molar-refractivity contribution in [1.82, 2.24) is 4.98 Å². The summed E-state index contributed by atoms with van der Waals surface area (Å²) in [6.07, 6.45) is 1.51. The van der Waals surface area contributed by atoms with E-state index in [1.54, 1.807) is 24.3 Å². The van der Waals surface area contributed by atoms with E-state index in [2.05, 4.69) is 10.3 Å². The Morgan fingerprint density at radius 2 is 2.16 bits per heavy atom. The maximum Gasteiger partial charge on any atom is 0.260 e. The first-order valence-electron chi connectivity index (χ1n) is 5.51. The van der Waals surface area contributed by atoms with Crippen LogP contribution in [0.4, 0.5) is 11.5 Å². The number of anilines is 2. The predicted octanol–water partition coefficient (Wildman–Crippen LogP) is 1.63. The molecule has 2 rings (SSSR count). The lowest BCUT2D eigenvalue weighted by atomic mass is 10.1. The topological polar surface area (TPSA) is 97.5 Å². The molecule has 1 aromatic heterocycles. The lowest BCUT2D eigenvalue weighted by Gasteiger charge is -2.10. The molecule has 0 fully saturated rings. The summed E-state index contributed by atoms with van der Waals surface area (Å²) in [5, 5.41) is 12.4. The number of hydrogen-bond donors (Lipinski definition) is 3. The molecule has 0 saturated carbocycles. The van der Waals surface area contributed by atoms with Crippen molar-refractivity contribution in [2.24, 2.45) is 0 Å². The molecule has 0 radical (unpaired) electrons. The summed E-state index contributed by atoms with van der Waals surface area (Å²) in [6.45, 7) is 0. The standard InChI is InChI=1S/C13H13N3O3/c1-19-10-6-2-4-8(11(10)17)13(18)16-12-9(14)5-3-7-15-12/h2-7,17H,14H2,1H3,(H,15,16,18). The van der Waals surface area contributed by atoms with Gasteiger partial charge in [0.25, 0.3) is 5.91 Å². The van der Waals surface area contributed by atoms with E-state index in [0.717, 1.165) is 0 Å². The lowest BCUT2D eigenvalue weighted by molar-refractivity contribution is 0.102. The van der Waals surface area contributed by atoms with Crippen molar-refractivity contribution < 1.29 is 14.6 Å². The van der Waals surface area contributed by atoms with Crippen molar-refractivity contribution in [2.45, 2.75) is 0 Å². The van der Waals surface area contributed by atoms with Gasteiger partial charge in [-0.25, -0.2) is 4.98 Å².